The average molecular weight is 207 g/mol. The van der Waals surface area contributed by atoms with Crippen molar-refractivity contribution in [2.45, 2.75) is 13.5 Å². The average Bonchev–Trinajstić information content (AvgIpc) is 2.70. The van der Waals surface area contributed by atoms with Gasteiger partial charge in [0.2, 0.25) is 0 Å². The van der Waals surface area contributed by atoms with Gasteiger partial charge >= 0.3 is 0 Å². The highest BCUT2D eigenvalue weighted by molar-refractivity contribution is 5.59. The molecule has 1 aromatic heterocycles. The van der Waals surface area contributed by atoms with Crippen molar-refractivity contribution in [1.82, 2.24) is 5.16 Å². The summed E-state index contributed by atoms with van der Waals surface area (Å²) >= 11 is 0. The zero-order valence-corrected chi connectivity index (χ0v) is 8.20. The zero-order chi connectivity index (χ0) is 10.8. The Balaban J connectivity index is 2.40. The van der Waals surface area contributed by atoms with E-state index in [1.54, 1.807) is 25.1 Å². The highest BCUT2D eigenvalue weighted by Crippen LogP contribution is 2.21. The number of aromatic nitrogens is 1. The molecule has 0 saturated heterocycles. The van der Waals surface area contributed by atoms with Gasteiger partial charge in [0, 0.05) is 11.6 Å². The number of aliphatic hydroxyl groups excluding tert-OH is 1. The molecule has 0 saturated carbocycles. The van der Waals surface area contributed by atoms with E-state index in [0.29, 0.717) is 17.0 Å². The summed E-state index contributed by atoms with van der Waals surface area (Å²) in [4.78, 5) is 0. The molecule has 4 heteroatoms. The van der Waals surface area contributed by atoms with Gasteiger partial charge in [0.05, 0.1) is 0 Å². The molecule has 1 N–H and O–H groups in total. The van der Waals surface area contributed by atoms with Crippen molar-refractivity contribution in [2.75, 3.05) is 0 Å². The van der Waals surface area contributed by atoms with Gasteiger partial charge in [-0.15, -0.1) is 0 Å². The second-order valence-electron chi connectivity index (χ2n) is 3.30. The van der Waals surface area contributed by atoms with Crippen LogP contribution in [-0.4, -0.2) is 10.3 Å². The summed E-state index contributed by atoms with van der Waals surface area (Å²) in [6.07, 6.45) is 0. The second-order valence-corrected chi connectivity index (χ2v) is 3.30. The van der Waals surface area contributed by atoms with Crippen molar-refractivity contribution in [3.05, 3.63) is 41.4 Å². The van der Waals surface area contributed by atoms with Crippen LogP contribution in [-0.2, 0) is 6.61 Å². The minimum absolute atomic E-state index is 0.187. The van der Waals surface area contributed by atoms with Crippen LogP contribution >= 0.6 is 0 Å². The van der Waals surface area contributed by atoms with E-state index in [1.165, 1.54) is 6.07 Å². The van der Waals surface area contributed by atoms with E-state index in [9.17, 15) is 4.39 Å². The fourth-order valence-electron chi connectivity index (χ4n) is 1.33. The van der Waals surface area contributed by atoms with Crippen LogP contribution in [0.5, 0.6) is 0 Å². The quantitative estimate of drug-likeness (QED) is 0.821. The van der Waals surface area contributed by atoms with Crippen LogP contribution in [0.4, 0.5) is 4.39 Å². The maximum absolute atomic E-state index is 13.0. The molecule has 3 nitrogen and oxygen atoms in total. The minimum atomic E-state index is -0.246. The summed E-state index contributed by atoms with van der Waals surface area (Å²) in [6, 6.07) is 6.33. The predicted molar refractivity (Wildman–Crippen MR) is 52.6 cm³/mol. The van der Waals surface area contributed by atoms with E-state index < -0.39 is 0 Å². The predicted octanol–water partition coefficient (Wildman–Crippen LogP) is 2.28. The maximum Gasteiger partial charge on any atom is 0.162 e. The SMILES string of the molecule is Cc1cc(-c2cc(CO)on2)ccc1F. The first kappa shape index (κ1) is 9.86. The van der Waals surface area contributed by atoms with Crippen molar-refractivity contribution in [2.24, 2.45) is 0 Å². The number of hydrogen-bond acceptors (Lipinski definition) is 3. The van der Waals surface area contributed by atoms with Crippen LogP contribution in [0, 0.1) is 12.7 Å². The van der Waals surface area contributed by atoms with Crippen LogP contribution in [0.3, 0.4) is 0 Å². The van der Waals surface area contributed by atoms with Crippen molar-refractivity contribution in [1.29, 1.82) is 0 Å². The maximum atomic E-state index is 13.0. The highest BCUT2D eigenvalue weighted by Gasteiger charge is 2.07. The van der Waals surface area contributed by atoms with E-state index in [0.717, 1.165) is 5.56 Å². The molecule has 2 aromatic rings. The van der Waals surface area contributed by atoms with Gasteiger partial charge in [0.1, 0.15) is 18.1 Å². The molecule has 0 amide bonds. The monoisotopic (exact) mass is 207 g/mol. The summed E-state index contributed by atoms with van der Waals surface area (Å²) in [5, 5.41) is 12.6. The Morgan fingerprint density at radius 1 is 1.40 bits per heavy atom. The van der Waals surface area contributed by atoms with Crippen LogP contribution in [0.25, 0.3) is 11.3 Å². The molecule has 2 rings (SSSR count). The lowest BCUT2D eigenvalue weighted by Gasteiger charge is -1.98. The van der Waals surface area contributed by atoms with Crippen molar-refractivity contribution >= 4 is 0 Å². The number of halogens is 1. The molecule has 15 heavy (non-hydrogen) atoms. The van der Waals surface area contributed by atoms with Gasteiger partial charge in [0.25, 0.3) is 0 Å². The van der Waals surface area contributed by atoms with Gasteiger partial charge in [-0.1, -0.05) is 5.16 Å². The van der Waals surface area contributed by atoms with E-state index in [4.69, 9.17) is 9.63 Å². The van der Waals surface area contributed by atoms with E-state index in [2.05, 4.69) is 5.16 Å². The number of benzene rings is 1. The lowest BCUT2D eigenvalue weighted by atomic mass is 10.1. The van der Waals surface area contributed by atoms with Gasteiger partial charge in [-0.2, -0.15) is 0 Å². The largest absolute Gasteiger partial charge is 0.388 e. The van der Waals surface area contributed by atoms with Crippen LogP contribution in [0.2, 0.25) is 0 Å². The topological polar surface area (TPSA) is 46.3 Å². The standard InChI is InChI=1S/C11H10FNO2/c1-7-4-8(2-3-10(7)12)11-5-9(6-14)15-13-11/h2-5,14H,6H2,1H3. The Hall–Kier alpha value is -1.68. The summed E-state index contributed by atoms with van der Waals surface area (Å²) in [6.45, 7) is 1.50. The number of rotatable bonds is 2. The summed E-state index contributed by atoms with van der Waals surface area (Å²) in [7, 11) is 0. The molecule has 0 aliphatic rings. The normalized spacial score (nSPS) is 10.6. The zero-order valence-electron chi connectivity index (χ0n) is 8.20. The van der Waals surface area contributed by atoms with Crippen molar-refractivity contribution < 1.29 is 14.0 Å². The van der Waals surface area contributed by atoms with Gasteiger partial charge in [-0.05, 0) is 30.7 Å². The molecule has 0 atom stereocenters. The first-order valence-corrected chi connectivity index (χ1v) is 4.53. The van der Waals surface area contributed by atoms with Gasteiger partial charge in [-0.3, -0.25) is 0 Å². The second kappa shape index (κ2) is 3.82. The Bertz CT molecular complexity index is 479. The minimum Gasteiger partial charge on any atom is -0.388 e. The van der Waals surface area contributed by atoms with E-state index in [-0.39, 0.29) is 12.4 Å². The molecule has 0 bridgehead atoms. The number of hydrogen-bond donors (Lipinski definition) is 1. The van der Waals surface area contributed by atoms with E-state index >= 15 is 0 Å². The van der Waals surface area contributed by atoms with Gasteiger partial charge in [-0.25, -0.2) is 4.39 Å². The lowest BCUT2D eigenvalue weighted by molar-refractivity contribution is 0.229. The number of aliphatic hydroxyl groups is 1. The molecule has 0 spiro atoms. The number of aryl methyl sites for hydroxylation is 1. The third-order valence-corrected chi connectivity index (χ3v) is 2.17. The fourth-order valence-corrected chi connectivity index (χ4v) is 1.33. The Morgan fingerprint density at radius 2 is 2.20 bits per heavy atom. The molecule has 1 aromatic carbocycles. The molecule has 0 unspecified atom stereocenters. The Kier molecular flexibility index (Phi) is 2.51. The van der Waals surface area contributed by atoms with E-state index in [1.807, 2.05) is 0 Å². The molecule has 0 radical (unpaired) electrons. The summed E-state index contributed by atoms with van der Waals surface area (Å²) < 4.78 is 17.8. The molecule has 0 fully saturated rings. The first-order valence-electron chi connectivity index (χ1n) is 4.53. The Labute approximate surface area is 86.1 Å². The first-order chi connectivity index (χ1) is 7.20. The van der Waals surface area contributed by atoms with Crippen LogP contribution in [0.1, 0.15) is 11.3 Å². The van der Waals surface area contributed by atoms with Crippen molar-refractivity contribution in [3.63, 3.8) is 0 Å². The molecule has 78 valence electrons. The van der Waals surface area contributed by atoms with Crippen LogP contribution < -0.4 is 0 Å². The highest BCUT2D eigenvalue weighted by atomic mass is 19.1. The fraction of sp³-hybridized carbons (Fsp3) is 0.182. The molecule has 1 heterocycles. The van der Waals surface area contributed by atoms with Gasteiger partial charge < -0.3 is 9.63 Å². The molecule has 0 aliphatic heterocycles. The van der Waals surface area contributed by atoms with Crippen molar-refractivity contribution in [3.8, 4) is 11.3 Å². The summed E-state index contributed by atoms with van der Waals surface area (Å²) in [5.41, 5.74) is 1.93. The van der Waals surface area contributed by atoms with Crippen LogP contribution in [0.15, 0.2) is 28.8 Å². The molecular weight excluding hydrogens is 197 g/mol. The smallest absolute Gasteiger partial charge is 0.162 e. The molecular formula is C11H10FNO2. The number of nitrogens with zero attached hydrogens (tertiary/aromatic N) is 1. The third-order valence-electron chi connectivity index (χ3n) is 2.17. The Morgan fingerprint density at radius 3 is 2.80 bits per heavy atom. The summed E-state index contributed by atoms with van der Waals surface area (Å²) in [5.74, 6) is 0.150. The lowest BCUT2D eigenvalue weighted by Crippen LogP contribution is -1.84. The molecule has 0 aliphatic carbocycles. The third kappa shape index (κ3) is 1.89. The van der Waals surface area contributed by atoms with Gasteiger partial charge in [0.15, 0.2) is 5.76 Å².